The van der Waals surface area contributed by atoms with Gasteiger partial charge >= 0.3 is 5.97 Å². The van der Waals surface area contributed by atoms with Crippen molar-refractivity contribution >= 4 is 33.8 Å². The van der Waals surface area contributed by atoms with E-state index in [1.807, 2.05) is 26.0 Å². The Morgan fingerprint density at radius 2 is 0.667 bits per heavy atom. The minimum atomic E-state index is -4.77. The number of unbranched alkanes of at least 4 members (excludes halogenated alkanes) is 2. The van der Waals surface area contributed by atoms with Gasteiger partial charge in [-0.2, -0.15) is 0 Å². The van der Waals surface area contributed by atoms with Crippen LogP contribution in [0, 0.1) is 11.8 Å². The highest BCUT2D eigenvalue weighted by atomic mass is 32.2. The fourth-order valence-electron chi connectivity index (χ4n) is 11.9. The van der Waals surface area contributed by atoms with Gasteiger partial charge in [-0.15, -0.1) is 5.06 Å². The van der Waals surface area contributed by atoms with E-state index in [9.17, 15) is 32.1 Å². The van der Waals surface area contributed by atoms with Crippen molar-refractivity contribution in [2.24, 2.45) is 11.8 Å². The van der Waals surface area contributed by atoms with Gasteiger partial charge in [0.2, 0.25) is 0 Å². The third-order valence-corrected chi connectivity index (χ3v) is 18.7. The van der Waals surface area contributed by atoms with Crippen LogP contribution in [0.15, 0.2) is 80.6 Å². The van der Waals surface area contributed by atoms with Crippen LogP contribution in [0.3, 0.4) is 0 Å². The van der Waals surface area contributed by atoms with Gasteiger partial charge in [-0.05, 0) is 65.7 Å². The molecule has 0 radical (unpaired) electrons. The van der Waals surface area contributed by atoms with Gasteiger partial charge in [0.25, 0.3) is 17.7 Å². The average molecular weight is 1700 g/mol. The van der Waals surface area contributed by atoms with Gasteiger partial charge in [0.05, 0.1) is 315 Å². The van der Waals surface area contributed by atoms with Crippen LogP contribution >= 0.6 is 0 Å². The van der Waals surface area contributed by atoms with Crippen LogP contribution in [0.4, 0.5) is 0 Å². The standard InChI is InChI=1S/C81H134N2O33S/c1-4-68-65-74(72-12-13-73-75(117(88,89)90)66-69(5-2)71-11-10-70(68)80(72)81(71)73)115-67-78(86)82(16-8-6-7-9-79(87)116-83-76(84)14-15-77(83)85)17-18-92-21-22-94-25-26-96-29-30-98-33-34-100-37-38-102-41-42-104-45-46-106-49-50-108-53-54-110-57-58-112-61-62-114-64-63-113-60-59-111-56-55-109-52-51-107-48-47-105-44-43-103-40-39-101-36-35-99-32-31-97-28-27-95-24-23-93-20-19-91-3/h10-13,65-66,80-81H,4-9,14-64,67H2,1-3H3,(H,88,89,90)/p-1. The molecule has 2 atom stereocenters. The summed E-state index contributed by atoms with van der Waals surface area (Å²) in [5.74, 6) is -2.28. The van der Waals surface area contributed by atoms with Crippen LogP contribution in [-0.4, -0.2) is 384 Å². The molecule has 0 spiro atoms. The van der Waals surface area contributed by atoms with Crippen molar-refractivity contribution in [3.05, 3.63) is 80.6 Å². The Balaban J connectivity index is 0.705. The second-order valence-electron chi connectivity index (χ2n) is 26.3. The van der Waals surface area contributed by atoms with Crippen LogP contribution in [-0.2, 0) is 153 Å². The first-order valence-corrected chi connectivity index (χ1v) is 42.6. The number of imide groups is 1. The van der Waals surface area contributed by atoms with E-state index in [0.717, 1.165) is 27.9 Å². The van der Waals surface area contributed by atoms with Crippen molar-refractivity contribution in [3.63, 3.8) is 0 Å². The number of allylic oxidation sites excluding steroid dienone is 12. The molecule has 0 aromatic heterocycles. The number of carbonyl (C=O) groups is 4. The zero-order valence-corrected chi connectivity index (χ0v) is 70.2. The Morgan fingerprint density at radius 3 is 0.966 bits per heavy atom. The molecule has 117 heavy (non-hydrogen) atoms. The molecule has 1 saturated heterocycles. The van der Waals surface area contributed by atoms with E-state index >= 15 is 0 Å². The van der Waals surface area contributed by atoms with Gasteiger partial charge < -0.3 is 133 Å². The third-order valence-electron chi connectivity index (χ3n) is 17.8. The first-order valence-electron chi connectivity index (χ1n) is 41.2. The Kier molecular flexibility index (Phi) is 60.9. The first kappa shape index (κ1) is 103. The zero-order valence-electron chi connectivity index (χ0n) is 69.4. The summed E-state index contributed by atoms with van der Waals surface area (Å²) in [5, 5.41) is 0.532. The molecule has 5 rings (SSSR count). The van der Waals surface area contributed by atoms with E-state index in [1.54, 1.807) is 24.2 Å². The molecule has 672 valence electrons. The predicted molar refractivity (Wildman–Crippen MR) is 422 cm³/mol. The predicted octanol–water partition coefficient (Wildman–Crippen LogP) is 4.45. The third kappa shape index (κ3) is 47.9. The second-order valence-corrected chi connectivity index (χ2v) is 27.6. The molecular weight excluding hydrogens is 1560 g/mol. The lowest BCUT2D eigenvalue weighted by Gasteiger charge is -2.44. The highest BCUT2D eigenvalue weighted by molar-refractivity contribution is 7.90. The molecule has 0 aromatic carbocycles. The molecule has 0 saturated carbocycles. The number of ether oxygens (including phenoxy) is 25. The monoisotopic (exact) mass is 1690 g/mol. The minimum absolute atomic E-state index is 0.00432. The molecule has 4 aliphatic carbocycles. The largest absolute Gasteiger partial charge is 0.744 e. The number of rotatable bonds is 85. The molecule has 0 bridgehead atoms. The van der Waals surface area contributed by atoms with Gasteiger partial charge in [-0.25, -0.2) is 13.2 Å². The van der Waals surface area contributed by atoms with Gasteiger partial charge in [-0.3, -0.25) is 14.4 Å². The second kappa shape index (κ2) is 69.5. The maximum Gasteiger partial charge on any atom is 0.333 e. The SMILES string of the molecule is CCC1=C2C=CC3=C(CC)C=C(S(=O)(=O)[O-])C4=CC=C(C(OCC(=O)N(CCCCCC(=O)ON5C(=O)CCC5=O)CCOCCOCCOCCOCCOCCOCCOCCOCCOCCOCCOCCOCCOCCOCCOCCOCCOCCOCCOCCOCCOCCOCCOCCOC)=C1)C2C43. The van der Waals surface area contributed by atoms with Gasteiger partial charge in [-0.1, -0.05) is 44.6 Å². The van der Waals surface area contributed by atoms with Crippen LogP contribution in [0.2, 0.25) is 0 Å². The number of hydroxylamine groups is 2. The summed E-state index contributed by atoms with van der Waals surface area (Å²) in [6.07, 6.45) is 13.7. The molecule has 5 aliphatic rings. The summed E-state index contributed by atoms with van der Waals surface area (Å²) < 4.78 is 177. The number of amides is 3. The number of carbonyl (C=O) groups excluding carboxylic acids is 4. The lowest BCUT2D eigenvalue weighted by molar-refractivity contribution is -0.197. The Bertz CT molecular complexity index is 2970. The van der Waals surface area contributed by atoms with Crippen molar-refractivity contribution in [1.29, 1.82) is 0 Å². The number of methoxy groups -OCH3 is 1. The molecular formula is C81H133N2O33S-. The molecule has 1 heterocycles. The van der Waals surface area contributed by atoms with Crippen molar-refractivity contribution in [2.75, 3.05) is 337 Å². The van der Waals surface area contributed by atoms with Crippen molar-refractivity contribution in [2.45, 2.75) is 65.2 Å². The summed E-state index contributed by atoms with van der Waals surface area (Å²) in [6, 6.07) is 0. The number of hydrogen-bond acceptors (Lipinski definition) is 33. The molecule has 0 N–H and O–H groups in total. The van der Waals surface area contributed by atoms with Crippen LogP contribution in [0.25, 0.3) is 0 Å². The minimum Gasteiger partial charge on any atom is -0.744 e. The summed E-state index contributed by atoms with van der Waals surface area (Å²) >= 11 is 0. The summed E-state index contributed by atoms with van der Waals surface area (Å²) in [4.78, 5) is 56.7. The molecule has 2 unspecified atom stereocenters. The molecule has 0 aromatic rings. The van der Waals surface area contributed by atoms with Crippen molar-refractivity contribution in [3.8, 4) is 0 Å². The Labute approximate surface area is 691 Å². The fraction of sp³-hybridized carbons (Fsp3) is 0.778. The van der Waals surface area contributed by atoms with Crippen molar-refractivity contribution in [1.82, 2.24) is 9.96 Å². The Hall–Kier alpha value is -4.99. The van der Waals surface area contributed by atoms with E-state index < -0.39 is 33.8 Å². The molecule has 35 nitrogen and oxygen atoms in total. The van der Waals surface area contributed by atoms with Crippen LogP contribution < -0.4 is 0 Å². The van der Waals surface area contributed by atoms with Crippen LogP contribution in [0.1, 0.15) is 65.2 Å². The lowest BCUT2D eigenvalue weighted by Crippen LogP contribution is -2.38. The maximum atomic E-state index is 14.0. The van der Waals surface area contributed by atoms with Gasteiger partial charge in [0, 0.05) is 56.9 Å². The quantitative estimate of drug-likeness (QED) is 0.0461. The fourth-order valence-corrected chi connectivity index (χ4v) is 12.7. The average Bonchev–Trinajstić information content (AvgIpc) is 1.41. The number of hydrogen-bond donors (Lipinski definition) is 0. The summed E-state index contributed by atoms with van der Waals surface area (Å²) in [6.45, 7) is 25.5. The zero-order chi connectivity index (χ0) is 83.4. The van der Waals surface area contributed by atoms with Gasteiger partial charge in [0.15, 0.2) is 6.61 Å². The Morgan fingerprint density at radius 1 is 0.385 bits per heavy atom. The first-order chi connectivity index (χ1) is 57.5. The molecule has 36 heteroatoms. The van der Waals surface area contributed by atoms with E-state index in [-0.39, 0.29) is 62.4 Å². The number of nitrogens with zero attached hydrogens (tertiary/aromatic N) is 2. The summed E-state index contributed by atoms with van der Waals surface area (Å²) in [5.41, 5.74) is 5.00. The highest BCUT2D eigenvalue weighted by Crippen LogP contribution is 2.55. The van der Waals surface area contributed by atoms with E-state index in [2.05, 4.69) is 6.08 Å². The van der Waals surface area contributed by atoms with Crippen molar-refractivity contribution < 1.29 is 155 Å². The smallest absolute Gasteiger partial charge is 0.333 e. The van der Waals surface area contributed by atoms with E-state index in [0.29, 0.717) is 352 Å². The normalized spacial score (nSPS) is 15.9. The van der Waals surface area contributed by atoms with Gasteiger partial charge in [0.1, 0.15) is 15.9 Å². The topological polar surface area (TPSA) is 372 Å². The summed E-state index contributed by atoms with van der Waals surface area (Å²) in [7, 11) is -3.13. The molecule has 1 aliphatic heterocycles. The highest BCUT2D eigenvalue weighted by Gasteiger charge is 2.45. The lowest BCUT2D eigenvalue weighted by atomic mass is 9.61. The van der Waals surface area contributed by atoms with Crippen LogP contribution in [0.5, 0.6) is 0 Å². The van der Waals surface area contributed by atoms with E-state index in [4.69, 9.17) is 123 Å². The van der Waals surface area contributed by atoms with E-state index in [1.165, 1.54) is 6.08 Å². The maximum absolute atomic E-state index is 14.0. The molecule has 3 amide bonds. The molecule has 1 fully saturated rings.